The molecule has 90 valence electrons. The summed E-state index contributed by atoms with van der Waals surface area (Å²) in [6.45, 7) is 10.2. The van der Waals surface area contributed by atoms with Gasteiger partial charge in [-0.1, -0.05) is 0 Å². The van der Waals surface area contributed by atoms with Gasteiger partial charge in [-0.15, -0.1) is 0 Å². The van der Waals surface area contributed by atoms with E-state index in [1.165, 1.54) is 33.3 Å². The second-order valence-electron chi connectivity index (χ2n) is 3.79. The van der Waals surface area contributed by atoms with Gasteiger partial charge >= 0.3 is 0 Å². The van der Waals surface area contributed by atoms with Crippen molar-refractivity contribution >= 4 is 11.6 Å². The highest BCUT2D eigenvalue weighted by Crippen LogP contribution is 1.95. The van der Waals surface area contributed by atoms with Crippen LogP contribution in [0.15, 0.2) is 18.3 Å². The van der Waals surface area contributed by atoms with Gasteiger partial charge in [0.2, 0.25) is 0 Å². The Morgan fingerprint density at radius 1 is 1.00 bits per heavy atom. The molecule has 0 saturated carbocycles. The second kappa shape index (κ2) is 10.0. The number of Topliss-reactive ketones (excluding diaryl/α,β-unsaturated/α-hetero) is 2. The highest BCUT2D eigenvalue weighted by atomic mass is 16.1. The maximum atomic E-state index is 9.44. The lowest BCUT2D eigenvalue weighted by molar-refractivity contribution is -0.115. The Labute approximate surface area is 97.9 Å². The summed E-state index contributed by atoms with van der Waals surface area (Å²) in [7, 11) is 0. The number of pyridine rings is 1. The molecule has 0 fully saturated rings. The summed E-state index contributed by atoms with van der Waals surface area (Å²) in [6.07, 6.45) is 1.82. The Bertz CT molecular complexity index is 295. The first kappa shape index (κ1) is 16.9. The molecule has 0 unspecified atom stereocenters. The standard InChI is InChI=1S/C7H9N.2C3H6O/c1-6-3-4-8-7(2)5-6;2*1-3(2)4/h3-5H,1-2H3;2*1-2H3. The third-order valence-electron chi connectivity index (χ3n) is 1.05. The number of hydrogen-bond acceptors (Lipinski definition) is 3. The Morgan fingerprint density at radius 3 is 1.56 bits per heavy atom. The van der Waals surface area contributed by atoms with Gasteiger partial charge in [-0.05, 0) is 59.2 Å². The van der Waals surface area contributed by atoms with E-state index >= 15 is 0 Å². The van der Waals surface area contributed by atoms with Crippen molar-refractivity contribution in [2.75, 3.05) is 0 Å². The lowest BCUT2D eigenvalue weighted by atomic mass is 10.3. The monoisotopic (exact) mass is 223 g/mol. The van der Waals surface area contributed by atoms with Crippen LogP contribution in [0.2, 0.25) is 0 Å². The molecule has 1 rings (SSSR count). The normalized spacial score (nSPS) is 7.88. The third kappa shape index (κ3) is 22.9. The largest absolute Gasteiger partial charge is 0.300 e. The van der Waals surface area contributed by atoms with Crippen LogP contribution in [0.25, 0.3) is 0 Å². The van der Waals surface area contributed by atoms with Crippen molar-refractivity contribution in [3.8, 4) is 0 Å². The van der Waals surface area contributed by atoms with Crippen LogP contribution in [0.3, 0.4) is 0 Å². The molecule has 0 atom stereocenters. The van der Waals surface area contributed by atoms with E-state index in [9.17, 15) is 9.59 Å². The van der Waals surface area contributed by atoms with Crippen LogP contribution < -0.4 is 0 Å². The van der Waals surface area contributed by atoms with Gasteiger partial charge in [0, 0.05) is 11.9 Å². The molecule has 3 heteroatoms. The zero-order valence-corrected chi connectivity index (χ0v) is 11.0. The van der Waals surface area contributed by atoms with Crippen LogP contribution in [-0.4, -0.2) is 16.6 Å². The fourth-order valence-electron chi connectivity index (χ4n) is 0.687. The van der Waals surface area contributed by atoms with Crippen molar-refractivity contribution in [3.63, 3.8) is 0 Å². The number of rotatable bonds is 0. The maximum Gasteiger partial charge on any atom is 0.126 e. The average molecular weight is 223 g/mol. The molecule has 1 aromatic rings. The molecule has 1 aromatic heterocycles. The van der Waals surface area contributed by atoms with Gasteiger partial charge in [0.05, 0.1) is 0 Å². The highest BCUT2D eigenvalue weighted by Gasteiger charge is 1.82. The maximum absolute atomic E-state index is 9.44. The fraction of sp³-hybridized carbons (Fsp3) is 0.462. The minimum Gasteiger partial charge on any atom is -0.300 e. The molecular weight excluding hydrogens is 202 g/mol. The van der Waals surface area contributed by atoms with Gasteiger partial charge in [-0.2, -0.15) is 0 Å². The summed E-state index contributed by atoms with van der Waals surface area (Å²) in [5.41, 5.74) is 2.36. The molecule has 0 saturated heterocycles. The number of aryl methyl sites for hydroxylation is 2. The van der Waals surface area contributed by atoms with Crippen molar-refractivity contribution in [1.82, 2.24) is 4.98 Å². The summed E-state index contributed by atoms with van der Waals surface area (Å²) in [4.78, 5) is 22.9. The quantitative estimate of drug-likeness (QED) is 0.679. The molecule has 0 N–H and O–H groups in total. The zero-order valence-electron chi connectivity index (χ0n) is 11.0. The van der Waals surface area contributed by atoms with Crippen LogP contribution in [0, 0.1) is 13.8 Å². The predicted octanol–water partition coefficient (Wildman–Crippen LogP) is 2.89. The van der Waals surface area contributed by atoms with Gasteiger partial charge in [-0.3, -0.25) is 4.98 Å². The summed E-state index contributed by atoms with van der Waals surface area (Å²) in [5.74, 6) is 0.333. The van der Waals surface area contributed by atoms with Gasteiger partial charge < -0.3 is 9.59 Å². The van der Waals surface area contributed by atoms with Crippen molar-refractivity contribution < 1.29 is 9.59 Å². The molecule has 0 bridgehead atoms. The zero-order chi connectivity index (χ0) is 13.1. The first-order chi connectivity index (χ1) is 7.25. The van der Waals surface area contributed by atoms with Gasteiger partial charge in [0.15, 0.2) is 0 Å². The molecule has 0 aliphatic heterocycles. The smallest absolute Gasteiger partial charge is 0.126 e. The summed E-state index contributed by atoms with van der Waals surface area (Å²) in [5, 5.41) is 0. The molecule has 0 spiro atoms. The van der Waals surface area contributed by atoms with Crippen LogP contribution in [0.4, 0.5) is 0 Å². The number of aromatic nitrogens is 1. The van der Waals surface area contributed by atoms with Crippen LogP contribution >= 0.6 is 0 Å². The topological polar surface area (TPSA) is 47.0 Å². The van der Waals surface area contributed by atoms with E-state index in [1.54, 1.807) is 0 Å². The lowest BCUT2D eigenvalue weighted by Crippen LogP contribution is -1.78. The molecule has 0 aliphatic rings. The lowest BCUT2D eigenvalue weighted by Gasteiger charge is -1.90. The predicted molar refractivity (Wildman–Crippen MR) is 66.4 cm³/mol. The average Bonchev–Trinajstić information content (AvgIpc) is 2.00. The van der Waals surface area contributed by atoms with Gasteiger partial charge in [0.1, 0.15) is 11.6 Å². The molecule has 0 aromatic carbocycles. The fourth-order valence-corrected chi connectivity index (χ4v) is 0.687. The first-order valence-electron chi connectivity index (χ1n) is 5.09. The van der Waals surface area contributed by atoms with Gasteiger partial charge in [-0.25, -0.2) is 0 Å². The minimum absolute atomic E-state index is 0.167. The number of ketones is 2. The molecule has 0 amide bonds. The van der Waals surface area contributed by atoms with Crippen molar-refractivity contribution in [2.24, 2.45) is 0 Å². The summed E-state index contributed by atoms with van der Waals surface area (Å²) >= 11 is 0. The van der Waals surface area contributed by atoms with Crippen LogP contribution in [0.1, 0.15) is 39.0 Å². The summed E-state index contributed by atoms with van der Waals surface area (Å²) in [6, 6.07) is 4.05. The van der Waals surface area contributed by atoms with E-state index in [2.05, 4.69) is 18.0 Å². The van der Waals surface area contributed by atoms with E-state index in [4.69, 9.17) is 0 Å². The Morgan fingerprint density at radius 2 is 1.38 bits per heavy atom. The van der Waals surface area contributed by atoms with E-state index in [1.807, 2.05) is 19.2 Å². The molecule has 0 radical (unpaired) electrons. The minimum atomic E-state index is 0.167. The number of hydrogen-bond donors (Lipinski definition) is 0. The third-order valence-corrected chi connectivity index (χ3v) is 1.05. The highest BCUT2D eigenvalue weighted by molar-refractivity contribution is 5.72. The molecular formula is C13H21NO2. The number of nitrogens with zero attached hydrogens (tertiary/aromatic N) is 1. The number of carbonyl (C=O) groups excluding carboxylic acids is 2. The molecule has 16 heavy (non-hydrogen) atoms. The van der Waals surface area contributed by atoms with Crippen molar-refractivity contribution in [3.05, 3.63) is 29.6 Å². The van der Waals surface area contributed by atoms with E-state index in [0.717, 1.165) is 5.69 Å². The Hall–Kier alpha value is -1.51. The van der Waals surface area contributed by atoms with E-state index in [0.29, 0.717) is 0 Å². The molecule has 1 heterocycles. The summed E-state index contributed by atoms with van der Waals surface area (Å²) < 4.78 is 0. The second-order valence-corrected chi connectivity index (χ2v) is 3.79. The first-order valence-corrected chi connectivity index (χ1v) is 5.09. The SMILES string of the molecule is CC(C)=O.CC(C)=O.Cc1ccnc(C)c1. The Kier molecular flexibility index (Phi) is 10.6. The molecule has 0 aliphatic carbocycles. The van der Waals surface area contributed by atoms with Crippen LogP contribution in [0.5, 0.6) is 0 Å². The number of carbonyl (C=O) groups is 2. The van der Waals surface area contributed by atoms with E-state index < -0.39 is 0 Å². The molecule has 3 nitrogen and oxygen atoms in total. The Balaban J connectivity index is 0. The van der Waals surface area contributed by atoms with Gasteiger partial charge in [0.25, 0.3) is 0 Å². The van der Waals surface area contributed by atoms with Crippen LogP contribution in [-0.2, 0) is 9.59 Å². The van der Waals surface area contributed by atoms with Crippen molar-refractivity contribution in [1.29, 1.82) is 0 Å². The van der Waals surface area contributed by atoms with E-state index in [-0.39, 0.29) is 11.6 Å². The van der Waals surface area contributed by atoms with Crippen molar-refractivity contribution in [2.45, 2.75) is 41.5 Å².